The Morgan fingerprint density at radius 2 is 2.50 bits per heavy atom. The molecule has 74 valence electrons. The Morgan fingerprint density at radius 3 is 3.14 bits per heavy atom. The van der Waals surface area contributed by atoms with Crippen LogP contribution in [0.5, 0.6) is 0 Å². The number of aromatic amines is 1. The number of H-pyrrole nitrogens is 1. The SMILES string of the molecule is OCc1csc(NCc2ccn[nH]2)n1. The van der Waals surface area contributed by atoms with Crippen LogP contribution in [-0.4, -0.2) is 20.3 Å². The van der Waals surface area contributed by atoms with Crippen molar-refractivity contribution in [2.24, 2.45) is 0 Å². The highest BCUT2D eigenvalue weighted by molar-refractivity contribution is 7.13. The third kappa shape index (κ3) is 2.09. The van der Waals surface area contributed by atoms with Crippen molar-refractivity contribution in [2.45, 2.75) is 13.2 Å². The Hall–Kier alpha value is -1.40. The Bertz CT molecular complexity index is 384. The first-order valence-corrected chi connectivity index (χ1v) is 5.04. The zero-order chi connectivity index (χ0) is 9.80. The molecule has 0 atom stereocenters. The summed E-state index contributed by atoms with van der Waals surface area (Å²) in [6.07, 6.45) is 1.71. The average molecular weight is 210 g/mol. The Kier molecular flexibility index (Phi) is 2.76. The van der Waals surface area contributed by atoms with E-state index in [0.29, 0.717) is 12.2 Å². The van der Waals surface area contributed by atoms with Crippen molar-refractivity contribution >= 4 is 16.5 Å². The average Bonchev–Trinajstić information content (AvgIpc) is 2.86. The minimum absolute atomic E-state index is 0.0117. The summed E-state index contributed by atoms with van der Waals surface area (Å²) in [5.74, 6) is 0. The molecule has 0 saturated carbocycles. The van der Waals surface area contributed by atoms with Crippen molar-refractivity contribution in [3.05, 3.63) is 29.0 Å². The van der Waals surface area contributed by atoms with Gasteiger partial charge in [-0.15, -0.1) is 11.3 Å². The second-order valence-electron chi connectivity index (χ2n) is 2.74. The number of nitrogens with one attached hydrogen (secondary N) is 2. The van der Waals surface area contributed by atoms with Crippen molar-refractivity contribution in [1.29, 1.82) is 0 Å². The van der Waals surface area contributed by atoms with Gasteiger partial charge in [0.05, 0.1) is 24.5 Å². The molecule has 0 aromatic carbocycles. The highest BCUT2D eigenvalue weighted by atomic mass is 32.1. The van der Waals surface area contributed by atoms with E-state index in [1.54, 1.807) is 6.20 Å². The molecule has 6 heteroatoms. The minimum Gasteiger partial charge on any atom is -0.390 e. The van der Waals surface area contributed by atoms with Crippen LogP contribution in [0.4, 0.5) is 5.13 Å². The molecule has 3 N–H and O–H groups in total. The third-order valence-electron chi connectivity index (χ3n) is 1.70. The van der Waals surface area contributed by atoms with E-state index in [-0.39, 0.29) is 6.61 Å². The van der Waals surface area contributed by atoms with Gasteiger partial charge in [0.25, 0.3) is 0 Å². The molecule has 0 radical (unpaired) electrons. The van der Waals surface area contributed by atoms with Crippen molar-refractivity contribution in [3.63, 3.8) is 0 Å². The summed E-state index contributed by atoms with van der Waals surface area (Å²) in [5.41, 5.74) is 1.70. The predicted molar refractivity (Wildman–Crippen MR) is 54.0 cm³/mol. The lowest BCUT2D eigenvalue weighted by Crippen LogP contribution is -1.99. The van der Waals surface area contributed by atoms with Gasteiger partial charge in [0.2, 0.25) is 0 Å². The van der Waals surface area contributed by atoms with E-state index in [2.05, 4.69) is 20.5 Å². The molecular weight excluding hydrogens is 200 g/mol. The van der Waals surface area contributed by atoms with Gasteiger partial charge in [-0.1, -0.05) is 0 Å². The minimum atomic E-state index is -0.0117. The standard InChI is InChI=1S/C8H10N4OS/c13-4-7-5-14-8(11-7)9-3-6-1-2-10-12-6/h1-2,5,13H,3-4H2,(H,9,11)(H,10,12). The molecule has 0 aliphatic carbocycles. The van der Waals surface area contributed by atoms with E-state index in [9.17, 15) is 0 Å². The normalized spacial score (nSPS) is 10.4. The molecule has 0 fully saturated rings. The monoisotopic (exact) mass is 210 g/mol. The summed E-state index contributed by atoms with van der Waals surface area (Å²) in [7, 11) is 0. The summed E-state index contributed by atoms with van der Waals surface area (Å²) in [5, 5.41) is 21.2. The summed E-state index contributed by atoms with van der Waals surface area (Å²) < 4.78 is 0. The molecule has 0 bridgehead atoms. The van der Waals surface area contributed by atoms with Gasteiger partial charge >= 0.3 is 0 Å². The first-order chi connectivity index (χ1) is 6.88. The molecule has 5 nitrogen and oxygen atoms in total. The van der Waals surface area contributed by atoms with E-state index in [1.165, 1.54) is 11.3 Å². The summed E-state index contributed by atoms with van der Waals surface area (Å²) in [6, 6.07) is 1.90. The van der Waals surface area contributed by atoms with E-state index in [4.69, 9.17) is 5.11 Å². The fourth-order valence-electron chi connectivity index (χ4n) is 1.01. The third-order valence-corrected chi connectivity index (χ3v) is 2.55. The second-order valence-corrected chi connectivity index (χ2v) is 3.60. The van der Waals surface area contributed by atoms with Gasteiger partial charge in [0.1, 0.15) is 0 Å². The molecule has 0 aliphatic heterocycles. The number of aliphatic hydroxyl groups excluding tert-OH is 1. The van der Waals surface area contributed by atoms with Crippen LogP contribution in [0.15, 0.2) is 17.6 Å². The number of aliphatic hydroxyl groups is 1. The van der Waals surface area contributed by atoms with Gasteiger partial charge in [0.15, 0.2) is 5.13 Å². The first kappa shape index (κ1) is 9.17. The number of rotatable bonds is 4. The molecule has 2 heterocycles. The van der Waals surface area contributed by atoms with Gasteiger partial charge in [-0.25, -0.2) is 4.98 Å². The van der Waals surface area contributed by atoms with Crippen molar-refractivity contribution < 1.29 is 5.11 Å². The molecule has 0 spiro atoms. The number of aromatic nitrogens is 3. The maximum Gasteiger partial charge on any atom is 0.183 e. The first-order valence-electron chi connectivity index (χ1n) is 4.16. The fourth-order valence-corrected chi connectivity index (χ4v) is 1.72. The fraction of sp³-hybridized carbons (Fsp3) is 0.250. The van der Waals surface area contributed by atoms with Crippen LogP contribution in [-0.2, 0) is 13.2 Å². The molecule has 0 amide bonds. The highest BCUT2D eigenvalue weighted by Gasteiger charge is 2.00. The topological polar surface area (TPSA) is 73.8 Å². The van der Waals surface area contributed by atoms with Crippen LogP contribution < -0.4 is 5.32 Å². The number of thiazole rings is 1. The summed E-state index contributed by atoms with van der Waals surface area (Å²) in [4.78, 5) is 4.15. The molecule has 0 aliphatic rings. The summed E-state index contributed by atoms with van der Waals surface area (Å²) in [6.45, 7) is 0.653. The largest absolute Gasteiger partial charge is 0.390 e. The Labute approximate surface area is 84.8 Å². The van der Waals surface area contributed by atoms with Crippen molar-refractivity contribution in [3.8, 4) is 0 Å². The molecule has 2 aromatic heterocycles. The van der Waals surface area contributed by atoms with E-state index in [1.807, 2.05) is 11.4 Å². The quantitative estimate of drug-likeness (QED) is 0.703. The molecular formula is C8H10N4OS. The number of hydrogen-bond donors (Lipinski definition) is 3. The molecule has 2 rings (SSSR count). The predicted octanol–water partition coefficient (Wildman–Crippen LogP) is 0.971. The number of hydrogen-bond acceptors (Lipinski definition) is 5. The Balaban J connectivity index is 1.92. The molecule has 0 saturated heterocycles. The highest BCUT2D eigenvalue weighted by Crippen LogP contribution is 2.15. The van der Waals surface area contributed by atoms with Crippen LogP contribution in [0, 0.1) is 0 Å². The lowest BCUT2D eigenvalue weighted by Gasteiger charge is -1.98. The van der Waals surface area contributed by atoms with Crippen molar-refractivity contribution in [2.75, 3.05) is 5.32 Å². The smallest absolute Gasteiger partial charge is 0.183 e. The number of nitrogens with zero attached hydrogens (tertiary/aromatic N) is 2. The Morgan fingerprint density at radius 1 is 1.57 bits per heavy atom. The van der Waals surface area contributed by atoms with Crippen LogP contribution in [0.3, 0.4) is 0 Å². The van der Waals surface area contributed by atoms with Crippen LogP contribution >= 0.6 is 11.3 Å². The lowest BCUT2D eigenvalue weighted by molar-refractivity contribution is 0.278. The maximum absolute atomic E-state index is 8.80. The van der Waals surface area contributed by atoms with E-state index < -0.39 is 0 Å². The zero-order valence-electron chi connectivity index (χ0n) is 7.40. The summed E-state index contributed by atoms with van der Waals surface area (Å²) >= 11 is 1.48. The van der Waals surface area contributed by atoms with Gasteiger partial charge in [0, 0.05) is 11.6 Å². The molecule has 14 heavy (non-hydrogen) atoms. The van der Waals surface area contributed by atoms with Crippen LogP contribution in [0.1, 0.15) is 11.4 Å². The van der Waals surface area contributed by atoms with Gasteiger partial charge in [-0.05, 0) is 6.07 Å². The van der Waals surface area contributed by atoms with Gasteiger partial charge in [-0.2, -0.15) is 5.10 Å². The second kappa shape index (κ2) is 4.21. The van der Waals surface area contributed by atoms with E-state index in [0.717, 1.165) is 10.8 Å². The number of anilines is 1. The van der Waals surface area contributed by atoms with Gasteiger partial charge < -0.3 is 10.4 Å². The van der Waals surface area contributed by atoms with Crippen LogP contribution in [0.25, 0.3) is 0 Å². The molecule has 0 unspecified atom stereocenters. The molecule has 2 aromatic rings. The lowest BCUT2D eigenvalue weighted by atomic mass is 10.4. The zero-order valence-corrected chi connectivity index (χ0v) is 8.21. The van der Waals surface area contributed by atoms with E-state index >= 15 is 0 Å². The van der Waals surface area contributed by atoms with Crippen molar-refractivity contribution in [1.82, 2.24) is 15.2 Å². The maximum atomic E-state index is 8.80. The van der Waals surface area contributed by atoms with Gasteiger partial charge in [-0.3, -0.25) is 5.10 Å². The van der Waals surface area contributed by atoms with Crippen LogP contribution in [0.2, 0.25) is 0 Å².